The van der Waals surface area contributed by atoms with Crippen LogP contribution >= 0.6 is 34.3 Å². The van der Waals surface area contributed by atoms with Crippen LogP contribution < -0.4 is 10.6 Å². The highest BCUT2D eigenvalue weighted by atomic mass is 35.5. The number of hydrogen-bond acceptors (Lipinski definition) is 10. The van der Waals surface area contributed by atoms with E-state index >= 15 is 0 Å². The fourth-order valence-electron chi connectivity index (χ4n) is 3.12. The van der Waals surface area contributed by atoms with Gasteiger partial charge in [-0.1, -0.05) is 41.1 Å². The number of Topliss-reactive ketones (excluding diaryl/α,β-unsaturated/α-hetero) is 1. The lowest BCUT2D eigenvalue weighted by Gasteiger charge is -2.04. The van der Waals surface area contributed by atoms with Gasteiger partial charge in [0.25, 0.3) is 0 Å². The topological polar surface area (TPSA) is 132 Å². The second-order valence-electron chi connectivity index (χ2n) is 7.45. The highest BCUT2D eigenvalue weighted by Crippen LogP contribution is 2.44. The molecular formula is C24H18ClN7O2S2. The SMILES string of the molecule is CC(=O)Nc1nnc(C(C#N)C(=O)c2sc(Nc3ccccc3)c(N=Nc3ccc(Cl)cc3)c2C)s1. The van der Waals surface area contributed by atoms with Crippen LogP contribution in [0.5, 0.6) is 0 Å². The molecule has 1 unspecified atom stereocenters. The van der Waals surface area contributed by atoms with E-state index < -0.39 is 11.7 Å². The lowest BCUT2D eigenvalue weighted by molar-refractivity contribution is -0.114. The quantitative estimate of drug-likeness (QED) is 0.181. The molecule has 9 nitrogen and oxygen atoms in total. The van der Waals surface area contributed by atoms with Gasteiger partial charge in [-0.2, -0.15) is 10.4 Å². The smallest absolute Gasteiger partial charge is 0.223 e. The van der Waals surface area contributed by atoms with Gasteiger partial charge in [-0.05, 0) is 43.3 Å². The van der Waals surface area contributed by atoms with Crippen LogP contribution in [0.1, 0.15) is 33.1 Å². The Bertz CT molecular complexity index is 1470. The van der Waals surface area contributed by atoms with Gasteiger partial charge in [0.2, 0.25) is 11.0 Å². The zero-order valence-corrected chi connectivity index (χ0v) is 21.4. The van der Waals surface area contributed by atoms with Crippen LogP contribution in [-0.4, -0.2) is 21.9 Å². The van der Waals surface area contributed by atoms with E-state index in [9.17, 15) is 14.9 Å². The Kier molecular flexibility index (Phi) is 7.80. The summed E-state index contributed by atoms with van der Waals surface area (Å²) in [6.07, 6.45) is 0. The molecule has 0 spiro atoms. The summed E-state index contributed by atoms with van der Waals surface area (Å²) in [7, 11) is 0. The molecule has 2 N–H and O–H groups in total. The summed E-state index contributed by atoms with van der Waals surface area (Å²) in [6, 6.07) is 18.4. The van der Waals surface area contributed by atoms with Gasteiger partial charge in [-0.3, -0.25) is 9.59 Å². The molecule has 2 aromatic heterocycles. The number of carbonyl (C=O) groups excluding carboxylic acids is 2. The lowest BCUT2D eigenvalue weighted by Crippen LogP contribution is -2.10. The van der Waals surface area contributed by atoms with Gasteiger partial charge in [-0.15, -0.1) is 26.6 Å². The van der Waals surface area contributed by atoms with Crippen molar-refractivity contribution in [1.29, 1.82) is 5.26 Å². The number of nitriles is 1. The predicted octanol–water partition coefficient (Wildman–Crippen LogP) is 7.17. The fourth-order valence-corrected chi connectivity index (χ4v) is 5.21. The summed E-state index contributed by atoms with van der Waals surface area (Å²) in [4.78, 5) is 25.1. The lowest BCUT2D eigenvalue weighted by atomic mass is 10.0. The minimum Gasteiger partial charge on any atom is -0.345 e. The number of thiophene rings is 1. The number of anilines is 3. The van der Waals surface area contributed by atoms with E-state index in [0.29, 0.717) is 31.8 Å². The Balaban J connectivity index is 1.71. The third-order valence-electron chi connectivity index (χ3n) is 4.82. The van der Waals surface area contributed by atoms with Crippen LogP contribution in [-0.2, 0) is 4.79 Å². The van der Waals surface area contributed by atoms with Gasteiger partial charge in [0.05, 0.1) is 16.6 Å². The summed E-state index contributed by atoms with van der Waals surface area (Å²) < 4.78 is 0. The molecule has 0 aliphatic carbocycles. The van der Waals surface area contributed by atoms with Crippen molar-refractivity contribution in [1.82, 2.24) is 10.2 Å². The number of hydrogen-bond donors (Lipinski definition) is 2. The average molecular weight is 536 g/mol. The van der Waals surface area contributed by atoms with E-state index in [1.807, 2.05) is 36.4 Å². The van der Waals surface area contributed by atoms with Gasteiger partial charge in [-0.25, -0.2) is 0 Å². The Morgan fingerprint density at radius 2 is 1.78 bits per heavy atom. The van der Waals surface area contributed by atoms with E-state index in [1.165, 1.54) is 18.3 Å². The number of benzene rings is 2. The van der Waals surface area contributed by atoms with Gasteiger partial charge in [0, 0.05) is 23.2 Å². The van der Waals surface area contributed by atoms with Gasteiger partial charge in [0.1, 0.15) is 15.7 Å². The number of amides is 1. The van der Waals surface area contributed by atoms with Crippen molar-refractivity contribution in [2.24, 2.45) is 10.2 Å². The first-order chi connectivity index (χ1) is 17.4. The van der Waals surface area contributed by atoms with Crippen LogP contribution in [0.15, 0.2) is 64.8 Å². The number of rotatable bonds is 8. The molecule has 0 saturated heterocycles. The van der Waals surface area contributed by atoms with Gasteiger partial charge in [0.15, 0.2) is 11.7 Å². The minimum absolute atomic E-state index is 0.195. The fraction of sp³-hybridized carbons (Fsp3) is 0.125. The summed E-state index contributed by atoms with van der Waals surface area (Å²) in [5, 5.41) is 33.7. The van der Waals surface area contributed by atoms with Gasteiger partial charge < -0.3 is 10.6 Å². The molecule has 0 saturated carbocycles. The van der Waals surface area contributed by atoms with E-state index in [0.717, 1.165) is 17.0 Å². The molecule has 36 heavy (non-hydrogen) atoms. The first-order valence-electron chi connectivity index (χ1n) is 10.5. The molecule has 4 rings (SSSR count). The maximum Gasteiger partial charge on any atom is 0.223 e. The zero-order valence-electron chi connectivity index (χ0n) is 19.0. The summed E-state index contributed by atoms with van der Waals surface area (Å²) in [6.45, 7) is 3.10. The van der Waals surface area contributed by atoms with Crippen molar-refractivity contribution < 1.29 is 9.59 Å². The summed E-state index contributed by atoms with van der Waals surface area (Å²) in [5.74, 6) is -1.94. The molecule has 12 heteroatoms. The molecular weight excluding hydrogens is 518 g/mol. The molecule has 1 amide bonds. The highest BCUT2D eigenvalue weighted by molar-refractivity contribution is 7.19. The largest absolute Gasteiger partial charge is 0.345 e. The number of aromatic nitrogens is 2. The minimum atomic E-state index is -1.19. The number of ketones is 1. The highest BCUT2D eigenvalue weighted by Gasteiger charge is 2.30. The maximum atomic E-state index is 13.5. The molecule has 2 heterocycles. The normalized spacial score (nSPS) is 11.7. The first kappa shape index (κ1) is 25.1. The number of azo groups is 1. The van der Waals surface area contributed by atoms with Crippen molar-refractivity contribution in [3.63, 3.8) is 0 Å². The molecule has 0 aliphatic rings. The van der Waals surface area contributed by atoms with E-state index in [4.69, 9.17) is 11.6 Å². The van der Waals surface area contributed by atoms with Crippen molar-refractivity contribution >= 4 is 73.2 Å². The third-order valence-corrected chi connectivity index (χ3v) is 7.19. The van der Waals surface area contributed by atoms with Crippen LogP contribution in [0.2, 0.25) is 5.02 Å². The predicted molar refractivity (Wildman–Crippen MR) is 141 cm³/mol. The average Bonchev–Trinajstić information content (AvgIpc) is 3.43. The third kappa shape index (κ3) is 5.80. The Labute approximate surface area is 219 Å². The van der Waals surface area contributed by atoms with Crippen LogP contribution in [0, 0.1) is 18.3 Å². The summed E-state index contributed by atoms with van der Waals surface area (Å²) in [5.41, 5.74) is 2.46. The van der Waals surface area contributed by atoms with Crippen LogP contribution in [0.25, 0.3) is 0 Å². The molecule has 2 aromatic carbocycles. The second kappa shape index (κ2) is 11.2. The number of nitrogens with zero attached hydrogens (tertiary/aromatic N) is 5. The molecule has 1 atom stereocenters. The van der Waals surface area contributed by atoms with Crippen LogP contribution in [0.4, 0.5) is 27.2 Å². The molecule has 0 fully saturated rings. The molecule has 180 valence electrons. The van der Waals surface area contributed by atoms with Crippen molar-refractivity contribution in [3.05, 3.63) is 75.1 Å². The monoisotopic (exact) mass is 535 g/mol. The van der Waals surface area contributed by atoms with E-state index in [-0.39, 0.29) is 16.0 Å². The first-order valence-corrected chi connectivity index (χ1v) is 12.5. The van der Waals surface area contributed by atoms with Crippen LogP contribution in [0.3, 0.4) is 0 Å². The van der Waals surface area contributed by atoms with E-state index in [1.54, 1.807) is 31.2 Å². The maximum absolute atomic E-state index is 13.5. The second-order valence-corrected chi connectivity index (χ2v) is 9.92. The van der Waals surface area contributed by atoms with E-state index in [2.05, 4.69) is 31.1 Å². The molecule has 0 aliphatic heterocycles. The Hall–Kier alpha value is -3.98. The number of para-hydroxylation sites is 1. The zero-order chi connectivity index (χ0) is 25.7. The van der Waals surface area contributed by atoms with Gasteiger partial charge >= 0.3 is 0 Å². The van der Waals surface area contributed by atoms with Crippen molar-refractivity contribution in [2.45, 2.75) is 19.8 Å². The standard InChI is InChI=1S/C24H18ClN7O2S2/c1-13-19(30-29-17-10-8-15(25)9-11-17)23(28-16-6-4-3-5-7-16)35-21(13)20(34)18(12-26)22-31-32-24(36-22)27-14(2)33/h3-11,18,28H,1-2H3,(H,27,32,33). The Morgan fingerprint density at radius 3 is 2.44 bits per heavy atom. The number of carbonyl (C=O) groups is 2. The van der Waals surface area contributed by atoms with Crippen molar-refractivity contribution in [3.8, 4) is 6.07 Å². The molecule has 0 bridgehead atoms. The molecule has 4 aromatic rings. The number of halogens is 1. The Morgan fingerprint density at radius 1 is 1.06 bits per heavy atom. The van der Waals surface area contributed by atoms with Crippen molar-refractivity contribution in [2.75, 3.05) is 10.6 Å². The molecule has 0 radical (unpaired) electrons. The number of nitrogens with one attached hydrogen (secondary N) is 2. The summed E-state index contributed by atoms with van der Waals surface area (Å²) >= 11 is 8.12.